The molecule has 2 rings (SSSR count). The van der Waals surface area contributed by atoms with Crippen molar-refractivity contribution in [3.8, 4) is 0 Å². The van der Waals surface area contributed by atoms with Gasteiger partial charge in [0.05, 0.1) is 21.9 Å². The average Bonchev–Trinajstić information content (AvgIpc) is 2.61. The minimum atomic E-state index is -0.386. The summed E-state index contributed by atoms with van der Waals surface area (Å²) in [4.78, 5) is 5.66. The van der Waals surface area contributed by atoms with Gasteiger partial charge in [0.1, 0.15) is 5.01 Å². The molecule has 16 heavy (non-hydrogen) atoms. The Morgan fingerprint density at radius 2 is 2.06 bits per heavy atom. The van der Waals surface area contributed by atoms with Crippen molar-refractivity contribution in [3.05, 3.63) is 15.6 Å². The highest BCUT2D eigenvalue weighted by molar-refractivity contribution is 8.06. The third-order valence-electron chi connectivity index (χ3n) is 2.66. The van der Waals surface area contributed by atoms with Crippen molar-refractivity contribution in [2.75, 3.05) is 11.5 Å². The van der Waals surface area contributed by atoms with Gasteiger partial charge in [-0.2, -0.15) is 11.8 Å². The molecule has 0 spiro atoms. The van der Waals surface area contributed by atoms with Crippen molar-refractivity contribution in [2.45, 2.75) is 37.4 Å². The molecular weight excluding hydrogens is 258 g/mol. The van der Waals surface area contributed by atoms with Gasteiger partial charge in [-0.25, -0.2) is 4.98 Å². The average molecular weight is 275 g/mol. The highest BCUT2D eigenvalue weighted by atomic mass is 32.2. The fourth-order valence-corrected chi connectivity index (χ4v) is 6.01. The molecule has 1 aromatic rings. The number of rotatable bonds is 2. The van der Waals surface area contributed by atoms with Gasteiger partial charge in [0, 0.05) is 16.8 Å². The van der Waals surface area contributed by atoms with Crippen molar-refractivity contribution in [3.63, 3.8) is 0 Å². The second-order valence-electron chi connectivity index (χ2n) is 4.05. The summed E-state index contributed by atoms with van der Waals surface area (Å²) in [6, 6.07) is 0. The Bertz CT molecular complexity index is 364. The van der Waals surface area contributed by atoms with Gasteiger partial charge < -0.3 is 5.11 Å². The highest BCUT2D eigenvalue weighted by Crippen LogP contribution is 2.44. The van der Waals surface area contributed by atoms with Crippen LogP contribution >= 0.6 is 34.9 Å². The van der Waals surface area contributed by atoms with Gasteiger partial charge in [-0.1, -0.05) is 6.92 Å². The molecule has 3 unspecified atom stereocenters. The van der Waals surface area contributed by atoms with Crippen molar-refractivity contribution in [2.24, 2.45) is 0 Å². The summed E-state index contributed by atoms with van der Waals surface area (Å²) >= 11 is 5.71. The van der Waals surface area contributed by atoms with Crippen LogP contribution in [0, 0.1) is 6.92 Å². The number of aliphatic hydroxyl groups excluding tert-OH is 1. The number of aromatic nitrogens is 1. The van der Waals surface area contributed by atoms with Crippen LogP contribution in [-0.2, 0) is 0 Å². The molecule has 1 aromatic heterocycles. The third-order valence-corrected chi connectivity index (χ3v) is 7.32. The molecule has 3 atom stereocenters. The molecular formula is C11H17NOS3. The first-order valence-corrected chi connectivity index (χ1v) is 8.39. The first-order chi connectivity index (χ1) is 7.59. The maximum absolute atomic E-state index is 9.64. The SMILES string of the molecule is Cc1nc(C2SCCSC2C)sc1C(C)O. The zero-order valence-corrected chi connectivity index (χ0v) is 12.2. The van der Waals surface area contributed by atoms with Crippen LogP contribution in [0.5, 0.6) is 0 Å². The topological polar surface area (TPSA) is 33.1 Å². The van der Waals surface area contributed by atoms with Gasteiger partial charge in [-0.05, 0) is 13.8 Å². The Hall–Kier alpha value is 0.290. The molecule has 0 radical (unpaired) electrons. The second kappa shape index (κ2) is 5.29. The zero-order chi connectivity index (χ0) is 11.7. The molecule has 90 valence electrons. The van der Waals surface area contributed by atoms with E-state index in [-0.39, 0.29) is 6.10 Å². The van der Waals surface area contributed by atoms with Crippen LogP contribution in [0.15, 0.2) is 0 Å². The number of aryl methyl sites for hydroxylation is 1. The molecule has 1 fully saturated rings. The summed E-state index contributed by atoms with van der Waals surface area (Å²) in [6.07, 6.45) is -0.386. The van der Waals surface area contributed by atoms with Crippen LogP contribution in [0.2, 0.25) is 0 Å². The van der Waals surface area contributed by atoms with Crippen molar-refractivity contribution in [1.29, 1.82) is 0 Å². The van der Waals surface area contributed by atoms with Crippen LogP contribution in [0.25, 0.3) is 0 Å². The summed E-state index contributed by atoms with van der Waals surface area (Å²) in [5.74, 6) is 2.46. The van der Waals surface area contributed by atoms with Gasteiger partial charge in [-0.15, -0.1) is 23.1 Å². The number of nitrogens with zero attached hydrogens (tertiary/aromatic N) is 1. The van der Waals surface area contributed by atoms with Crippen LogP contribution < -0.4 is 0 Å². The summed E-state index contributed by atoms with van der Waals surface area (Å²) < 4.78 is 0. The Balaban J connectivity index is 2.23. The molecule has 1 saturated heterocycles. The Morgan fingerprint density at radius 1 is 1.38 bits per heavy atom. The maximum Gasteiger partial charge on any atom is 0.107 e. The lowest BCUT2D eigenvalue weighted by Crippen LogP contribution is -2.15. The first kappa shape index (κ1) is 12.7. The Labute approximate surface area is 109 Å². The van der Waals surface area contributed by atoms with E-state index in [2.05, 4.69) is 11.9 Å². The van der Waals surface area contributed by atoms with E-state index >= 15 is 0 Å². The van der Waals surface area contributed by atoms with Crippen LogP contribution in [0.1, 0.15) is 40.8 Å². The molecule has 0 aliphatic carbocycles. The normalized spacial score (nSPS) is 28.0. The van der Waals surface area contributed by atoms with E-state index in [1.807, 2.05) is 37.4 Å². The van der Waals surface area contributed by atoms with Crippen LogP contribution in [0.3, 0.4) is 0 Å². The predicted molar refractivity (Wildman–Crippen MR) is 74.6 cm³/mol. The van der Waals surface area contributed by atoms with E-state index in [9.17, 15) is 5.11 Å². The lowest BCUT2D eigenvalue weighted by molar-refractivity contribution is 0.202. The first-order valence-electron chi connectivity index (χ1n) is 5.48. The van der Waals surface area contributed by atoms with E-state index in [4.69, 9.17) is 0 Å². The standard InChI is InChI=1S/C11H17NOS3/c1-6-9(7(2)13)16-11(12-6)10-8(3)14-4-5-15-10/h7-8,10,13H,4-5H2,1-3H3. The Morgan fingerprint density at radius 3 is 2.62 bits per heavy atom. The van der Waals surface area contributed by atoms with E-state index in [1.165, 1.54) is 16.5 Å². The minimum Gasteiger partial charge on any atom is -0.388 e. The molecule has 1 aliphatic heterocycles. The monoisotopic (exact) mass is 275 g/mol. The number of hydrogen-bond donors (Lipinski definition) is 1. The van der Waals surface area contributed by atoms with Gasteiger partial charge in [0.15, 0.2) is 0 Å². The van der Waals surface area contributed by atoms with Crippen LogP contribution in [-0.4, -0.2) is 26.8 Å². The summed E-state index contributed by atoms with van der Waals surface area (Å²) in [7, 11) is 0. The third kappa shape index (κ3) is 2.58. The Kier molecular flexibility index (Phi) is 4.21. The van der Waals surface area contributed by atoms with E-state index in [0.717, 1.165) is 10.6 Å². The van der Waals surface area contributed by atoms with Crippen molar-refractivity contribution in [1.82, 2.24) is 4.98 Å². The van der Waals surface area contributed by atoms with E-state index in [0.29, 0.717) is 10.5 Å². The summed E-state index contributed by atoms with van der Waals surface area (Å²) in [6.45, 7) is 6.09. The molecule has 2 heterocycles. The lowest BCUT2D eigenvalue weighted by atomic mass is 10.3. The van der Waals surface area contributed by atoms with Gasteiger partial charge in [-0.3, -0.25) is 0 Å². The molecule has 0 saturated carbocycles. The molecule has 5 heteroatoms. The minimum absolute atomic E-state index is 0.386. The van der Waals surface area contributed by atoms with Crippen molar-refractivity contribution >= 4 is 34.9 Å². The highest BCUT2D eigenvalue weighted by Gasteiger charge is 2.28. The second-order valence-corrected chi connectivity index (χ2v) is 7.84. The predicted octanol–water partition coefficient (Wildman–Crippen LogP) is 3.41. The maximum atomic E-state index is 9.64. The fraction of sp³-hybridized carbons (Fsp3) is 0.727. The molecule has 1 N–H and O–H groups in total. The summed E-state index contributed by atoms with van der Waals surface area (Å²) in [5.41, 5.74) is 0.998. The van der Waals surface area contributed by atoms with Crippen molar-refractivity contribution < 1.29 is 5.11 Å². The summed E-state index contributed by atoms with van der Waals surface area (Å²) in [5, 5.41) is 12.0. The van der Waals surface area contributed by atoms with E-state index < -0.39 is 0 Å². The van der Waals surface area contributed by atoms with Gasteiger partial charge >= 0.3 is 0 Å². The molecule has 0 amide bonds. The van der Waals surface area contributed by atoms with Crippen LogP contribution in [0.4, 0.5) is 0 Å². The number of hydrogen-bond acceptors (Lipinski definition) is 5. The molecule has 0 aromatic carbocycles. The fourth-order valence-electron chi connectivity index (χ4n) is 1.84. The number of thioether (sulfide) groups is 2. The molecule has 2 nitrogen and oxygen atoms in total. The van der Waals surface area contributed by atoms with E-state index in [1.54, 1.807) is 11.3 Å². The number of aliphatic hydroxyl groups is 1. The molecule has 1 aliphatic rings. The number of thiazole rings is 1. The van der Waals surface area contributed by atoms with Gasteiger partial charge in [0.2, 0.25) is 0 Å². The lowest BCUT2D eigenvalue weighted by Gasteiger charge is -2.25. The molecule has 0 bridgehead atoms. The zero-order valence-electron chi connectivity index (χ0n) is 9.77. The van der Waals surface area contributed by atoms with Gasteiger partial charge in [0.25, 0.3) is 0 Å². The largest absolute Gasteiger partial charge is 0.388 e. The quantitative estimate of drug-likeness (QED) is 0.896. The smallest absolute Gasteiger partial charge is 0.107 e.